The van der Waals surface area contributed by atoms with Crippen LogP contribution in [-0.2, 0) is 19.9 Å². The number of hydrogen-bond acceptors (Lipinski definition) is 5. The summed E-state index contributed by atoms with van der Waals surface area (Å²) in [6.07, 6.45) is 2.80. The summed E-state index contributed by atoms with van der Waals surface area (Å²) in [4.78, 5) is 14.5. The molecule has 1 aliphatic heterocycles. The average molecular weight is 374 g/mol. The van der Waals surface area contributed by atoms with Gasteiger partial charge in [-0.1, -0.05) is 6.07 Å². The normalized spacial score (nSPS) is 17.5. The molecule has 1 heterocycles. The molecule has 0 aromatic heterocycles. The van der Waals surface area contributed by atoms with Crippen LogP contribution in [0.1, 0.15) is 22.3 Å². The zero-order chi connectivity index (χ0) is 18.1. The molecular weight excluding hydrogens is 352 g/mol. The maximum absolute atomic E-state index is 12.8. The van der Waals surface area contributed by atoms with Crippen LogP contribution in [0.25, 0.3) is 0 Å². The van der Waals surface area contributed by atoms with Gasteiger partial charge in [0.05, 0.1) is 11.2 Å². The zero-order valence-corrected chi connectivity index (χ0v) is 15.7. The third-order valence-electron chi connectivity index (χ3n) is 4.08. The van der Waals surface area contributed by atoms with Gasteiger partial charge in [-0.05, 0) is 31.0 Å². The lowest BCUT2D eigenvalue weighted by atomic mass is 10.1. The van der Waals surface area contributed by atoms with Crippen LogP contribution in [0.4, 0.5) is 0 Å². The number of nitrogens with zero attached hydrogens (tertiary/aromatic N) is 2. The summed E-state index contributed by atoms with van der Waals surface area (Å²) in [6.45, 7) is 3.10. The molecule has 24 heavy (non-hydrogen) atoms. The highest BCUT2D eigenvalue weighted by Crippen LogP contribution is 2.19. The van der Waals surface area contributed by atoms with Crippen LogP contribution >= 0.6 is 0 Å². The van der Waals surface area contributed by atoms with Crippen LogP contribution in [0.5, 0.6) is 0 Å². The molecule has 0 spiro atoms. The smallest absolute Gasteiger partial charge is 0.254 e. The Hall–Kier alpha value is -1.45. The van der Waals surface area contributed by atoms with Gasteiger partial charge in [-0.2, -0.15) is 0 Å². The van der Waals surface area contributed by atoms with Gasteiger partial charge in [-0.25, -0.2) is 21.1 Å². The summed E-state index contributed by atoms with van der Waals surface area (Å²) in [5, 5.41) is 0. The quantitative estimate of drug-likeness (QED) is 0.768. The van der Waals surface area contributed by atoms with E-state index >= 15 is 0 Å². The van der Waals surface area contributed by atoms with Crippen LogP contribution in [0.15, 0.2) is 23.1 Å². The molecule has 1 aliphatic rings. The molecule has 134 valence electrons. The van der Waals surface area contributed by atoms with Gasteiger partial charge in [0.25, 0.3) is 5.91 Å². The van der Waals surface area contributed by atoms with E-state index in [2.05, 4.69) is 0 Å². The minimum Gasteiger partial charge on any atom is -0.337 e. The molecule has 0 unspecified atom stereocenters. The Morgan fingerprint density at radius 1 is 1.00 bits per heavy atom. The Bertz CT molecular complexity index is 847. The Kier molecular flexibility index (Phi) is 5.36. The first-order valence-electron chi connectivity index (χ1n) is 7.55. The van der Waals surface area contributed by atoms with Crippen molar-refractivity contribution in [2.45, 2.75) is 18.2 Å². The van der Waals surface area contributed by atoms with E-state index in [9.17, 15) is 21.6 Å². The van der Waals surface area contributed by atoms with Gasteiger partial charge in [-0.15, -0.1) is 0 Å². The van der Waals surface area contributed by atoms with E-state index in [1.165, 1.54) is 16.4 Å². The molecule has 1 aromatic carbocycles. The van der Waals surface area contributed by atoms with Gasteiger partial charge in [-0.3, -0.25) is 4.79 Å². The molecule has 2 rings (SSSR count). The predicted molar refractivity (Wildman–Crippen MR) is 91.2 cm³/mol. The van der Waals surface area contributed by atoms with Crippen LogP contribution in [0, 0.1) is 6.92 Å². The van der Waals surface area contributed by atoms with Crippen LogP contribution in [0.2, 0.25) is 0 Å². The Morgan fingerprint density at radius 2 is 1.67 bits per heavy atom. The molecule has 1 fully saturated rings. The highest BCUT2D eigenvalue weighted by atomic mass is 32.2. The monoisotopic (exact) mass is 374 g/mol. The van der Waals surface area contributed by atoms with E-state index in [0.717, 1.165) is 12.5 Å². The molecule has 1 aromatic rings. The molecule has 0 aliphatic carbocycles. The number of aryl methyl sites for hydroxylation is 1. The maximum Gasteiger partial charge on any atom is 0.254 e. The summed E-state index contributed by atoms with van der Waals surface area (Å²) >= 11 is 0. The van der Waals surface area contributed by atoms with E-state index in [0.29, 0.717) is 30.6 Å². The Morgan fingerprint density at radius 3 is 2.25 bits per heavy atom. The van der Waals surface area contributed by atoms with E-state index in [1.807, 2.05) is 0 Å². The maximum atomic E-state index is 12.8. The molecule has 7 nitrogen and oxygen atoms in total. The van der Waals surface area contributed by atoms with Crippen LogP contribution in [-0.4, -0.2) is 70.6 Å². The first-order chi connectivity index (χ1) is 11.0. The zero-order valence-electron chi connectivity index (χ0n) is 14.0. The van der Waals surface area contributed by atoms with E-state index in [-0.39, 0.29) is 23.9 Å². The topological polar surface area (TPSA) is 91.8 Å². The highest BCUT2D eigenvalue weighted by Gasteiger charge is 2.25. The van der Waals surface area contributed by atoms with E-state index < -0.39 is 19.9 Å². The second kappa shape index (κ2) is 6.81. The number of rotatable bonds is 3. The predicted octanol–water partition coefficient (Wildman–Crippen LogP) is 0.506. The van der Waals surface area contributed by atoms with Crippen LogP contribution < -0.4 is 0 Å². The number of sulfonamides is 1. The van der Waals surface area contributed by atoms with Gasteiger partial charge in [0, 0.05) is 38.0 Å². The minimum atomic E-state index is -3.40. The number of carbonyl (C=O) groups excluding carboxylic acids is 1. The lowest BCUT2D eigenvalue weighted by molar-refractivity contribution is 0.0763. The molecule has 0 bridgehead atoms. The minimum absolute atomic E-state index is 0.101. The molecular formula is C15H22N2O5S2. The van der Waals surface area contributed by atoms with Gasteiger partial charge in [0.1, 0.15) is 0 Å². The molecule has 0 N–H and O–H groups in total. The first-order valence-corrected chi connectivity index (χ1v) is 11.3. The number of hydrogen-bond donors (Lipinski definition) is 0. The van der Waals surface area contributed by atoms with Gasteiger partial charge >= 0.3 is 0 Å². The third-order valence-corrected chi connectivity index (χ3v) is 6.49. The van der Waals surface area contributed by atoms with E-state index in [1.54, 1.807) is 17.9 Å². The number of amides is 1. The van der Waals surface area contributed by atoms with Gasteiger partial charge in [0.15, 0.2) is 9.84 Å². The average Bonchev–Trinajstić information content (AvgIpc) is 2.71. The van der Waals surface area contributed by atoms with Crippen molar-refractivity contribution >= 4 is 25.8 Å². The van der Waals surface area contributed by atoms with Crippen molar-refractivity contribution in [3.05, 3.63) is 29.3 Å². The lowest BCUT2D eigenvalue weighted by Crippen LogP contribution is -2.37. The SMILES string of the molecule is Cc1ccc(S(C)(=O)=O)cc1C(=O)N1CCCN(S(C)(=O)=O)CC1. The fourth-order valence-electron chi connectivity index (χ4n) is 2.66. The van der Waals surface area contributed by atoms with Crippen molar-refractivity contribution in [2.75, 3.05) is 38.7 Å². The number of benzene rings is 1. The lowest BCUT2D eigenvalue weighted by Gasteiger charge is -2.22. The van der Waals surface area contributed by atoms with Crippen molar-refractivity contribution in [1.82, 2.24) is 9.21 Å². The van der Waals surface area contributed by atoms with Crippen molar-refractivity contribution in [1.29, 1.82) is 0 Å². The fourth-order valence-corrected chi connectivity index (χ4v) is 4.18. The standard InChI is InChI=1S/C15H22N2O5S2/c1-12-5-6-13(23(2,19)20)11-14(12)15(18)16-7-4-8-17(10-9-16)24(3,21)22/h5-6,11H,4,7-10H2,1-3H3. The summed E-state index contributed by atoms with van der Waals surface area (Å²) in [7, 11) is -6.68. The molecule has 0 radical (unpaired) electrons. The van der Waals surface area contributed by atoms with Gasteiger partial charge in [0.2, 0.25) is 10.0 Å². The third kappa shape index (κ3) is 4.34. The molecule has 9 heteroatoms. The Labute approximate surface area is 143 Å². The summed E-state index contributed by atoms with van der Waals surface area (Å²) in [5.41, 5.74) is 1.03. The van der Waals surface area contributed by atoms with Gasteiger partial charge < -0.3 is 4.90 Å². The summed E-state index contributed by atoms with van der Waals surface area (Å²) in [5.74, 6) is -0.270. The molecule has 1 amide bonds. The van der Waals surface area contributed by atoms with E-state index in [4.69, 9.17) is 0 Å². The van der Waals surface area contributed by atoms with Crippen molar-refractivity contribution in [3.63, 3.8) is 0 Å². The van der Waals surface area contributed by atoms with Crippen LogP contribution in [0.3, 0.4) is 0 Å². The van der Waals surface area contributed by atoms with Crippen molar-refractivity contribution in [3.8, 4) is 0 Å². The van der Waals surface area contributed by atoms with Crippen molar-refractivity contribution < 1.29 is 21.6 Å². The number of carbonyl (C=O) groups is 1. The van der Waals surface area contributed by atoms with Crippen molar-refractivity contribution in [2.24, 2.45) is 0 Å². The second-order valence-corrected chi connectivity index (χ2v) is 10.1. The summed E-state index contributed by atoms with van der Waals surface area (Å²) < 4.78 is 48.1. The molecule has 0 atom stereocenters. The first kappa shape index (κ1) is 18.9. The summed E-state index contributed by atoms with van der Waals surface area (Å²) in [6, 6.07) is 4.49. The molecule has 1 saturated heterocycles. The number of sulfone groups is 1. The largest absolute Gasteiger partial charge is 0.337 e. The Balaban J connectivity index is 2.26. The fraction of sp³-hybridized carbons (Fsp3) is 0.533. The molecule has 0 saturated carbocycles. The second-order valence-electron chi connectivity index (χ2n) is 6.06. The highest BCUT2D eigenvalue weighted by molar-refractivity contribution is 7.90.